The van der Waals surface area contributed by atoms with Gasteiger partial charge in [0.1, 0.15) is 11.2 Å². The smallest absolute Gasteiger partial charge is 0.157 e. The molecule has 110 valence electrons. The standard InChI is InChI=1S/C18H16ClN3/c1-10-7-15-16(8-11(10)2)22-17(19)13-6-4-3-5-12(13)14(9-20)18(22)21-15/h7-8H,3-6H2,1-2H3. The molecule has 0 saturated carbocycles. The topological polar surface area (TPSA) is 41.1 Å². The first-order chi connectivity index (χ1) is 10.6. The summed E-state index contributed by atoms with van der Waals surface area (Å²) in [4.78, 5) is 4.71. The van der Waals surface area contributed by atoms with Crippen LogP contribution in [0.3, 0.4) is 0 Å². The van der Waals surface area contributed by atoms with Crippen molar-refractivity contribution < 1.29 is 0 Å². The molecule has 2 heterocycles. The summed E-state index contributed by atoms with van der Waals surface area (Å²) in [6.07, 6.45) is 4.12. The fourth-order valence-electron chi connectivity index (χ4n) is 3.50. The zero-order chi connectivity index (χ0) is 15.4. The molecule has 0 aliphatic heterocycles. The van der Waals surface area contributed by atoms with Crippen LogP contribution in [-0.2, 0) is 12.8 Å². The van der Waals surface area contributed by atoms with Gasteiger partial charge in [0.05, 0.1) is 16.6 Å². The number of aromatic nitrogens is 2. The average molecular weight is 310 g/mol. The maximum Gasteiger partial charge on any atom is 0.157 e. The summed E-state index contributed by atoms with van der Waals surface area (Å²) < 4.78 is 1.96. The molecule has 0 bridgehead atoms. The number of hydrogen-bond donors (Lipinski definition) is 0. The number of pyridine rings is 1. The van der Waals surface area contributed by atoms with Crippen LogP contribution in [0.4, 0.5) is 0 Å². The van der Waals surface area contributed by atoms with E-state index in [0.717, 1.165) is 53.0 Å². The zero-order valence-electron chi connectivity index (χ0n) is 12.7. The fourth-order valence-corrected chi connectivity index (χ4v) is 3.87. The number of hydrogen-bond acceptors (Lipinski definition) is 2. The van der Waals surface area contributed by atoms with Crippen molar-refractivity contribution in [3.63, 3.8) is 0 Å². The molecule has 1 aliphatic rings. The van der Waals surface area contributed by atoms with E-state index < -0.39 is 0 Å². The number of fused-ring (bicyclic) bond motifs is 4. The molecule has 0 radical (unpaired) electrons. The lowest BCUT2D eigenvalue weighted by Crippen LogP contribution is -2.10. The quantitative estimate of drug-likeness (QED) is 0.573. The Morgan fingerprint density at radius 1 is 1.14 bits per heavy atom. The van der Waals surface area contributed by atoms with Crippen LogP contribution in [0.2, 0.25) is 5.15 Å². The molecule has 0 amide bonds. The molecule has 4 rings (SSSR count). The van der Waals surface area contributed by atoms with Gasteiger partial charge in [0.25, 0.3) is 0 Å². The maximum absolute atomic E-state index is 9.67. The predicted molar refractivity (Wildman–Crippen MR) is 88.5 cm³/mol. The Labute approximate surface area is 134 Å². The molecule has 4 heteroatoms. The average Bonchev–Trinajstić information content (AvgIpc) is 2.87. The Morgan fingerprint density at radius 3 is 2.55 bits per heavy atom. The largest absolute Gasteiger partial charge is 0.281 e. The van der Waals surface area contributed by atoms with Gasteiger partial charge in [0.15, 0.2) is 5.65 Å². The van der Waals surface area contributed by atoms with Gasteiger partial charge in [-0.3, -0.25) is 4.40 Å². The van der Waals surface area contributed by atoms with E-state index in [1.807, 2.05) is 4.40 Å². The van der Waals surface area contributed by atoms with Crippen LogP contribution >= 0.6 is 11.6 Å². The van der Waals surface area contributed by atoms with Crippen molar-refractivity contribution in [2.24, 2.45) is 0 Å². The van der Waals surface area contributed by atoms with E-state index in [1.54, 1.807) is 0 Å². The lowest BCUT2D eigenvalue weighted by molar-refractivity contribution is 0.680. The minimum absolute atomic E-state index is 0.700. The summed E-state index contributed by atoms with van der Waals surface area (Å²) in [7, 11) is 0. The summed E-state index contributed by atoms with van der Waals surface area (Å²) in [6.45, 7) is 4.17. The van der Waals surface area contributed by atoms with E-state index in [-0.39, 0.29) is 0 Å². The van der Waals surface area contributed by atoms with Crippen LogP contribution in [0, 0.1) is 25.2 Å². The Kier molecular flexibility index (Phi) is 2.92. The van der Waals surface area contributed by atoms with Gasteiger partial charge < -0.3 is 0 Å². The third-order valence-corrected chi connectivity index (χ3v) is 5.22. The third kappa shape index (κ3) is 1.71. The van der Waals surface area contributed by atoms with E-state index in [4.69, 9.17) is 16.6 Å². The van der Waals surface area contributed by atoms with Crippen LogP contribution in [-0.4, -0.2) is 9.38 Å². The number of aryl methyl sites for hydroxylation is 2. The zero-order valence-corrected chi connectivity index (χ0v) is 13.5. The second kappa shape index (κ2) is 4.72. The van der Waals surface area contributed by atoms with Gasteiger partial charge in [-0.1, -0.05) is 11.6 Å². The van der Waals surface area contributed by atoms with E-state index in [9.17, 15) is 5.26 Å². The van der Waals surface area contributed by atoms with E-state index in [1.165, 1.54) is 11.1 Å². The molecule has 0 spiro atoms. The summed E-state index contributed by atoms with van der Waals surface area (Å²) in [5.74, 6) is 0. The normalized spacial score (nSPS) is 14.3. The number of rotatable bonds is 0. The van der Waals surface area contributed by atoms with Crippen molar-refractivity contribution in [2.45, 2.75) is 39.5 Å². The van der Waals surface area contributed by atoms with Crippen LogP contribution in [0.5, 0.6) is 0 Å². The highest BCUT2D eigenvalue weighted by Gasteiger charge is 2.23. The third-order valence-electron chi connectivity index (χ3n) is 4.82. The second-order valence-electron chi connectivity index (χ2n) is 6.14. The first-order valence-corrected chi connectivity index (χ1v) is 8.02. The number of benzene rings is 1. The molecule has 0 unspecified atom stereocenters. The number of nitrogens with zero attached hydrogens (tertiary/aromatic N) is 3. The van der Waals surface area contributed by atoms with Crippen molar-refractivity contribution in [2.75, 3.05) is 0 Å². The Morgan fingerprint density at radius 2 is 1.82 bits per heavy atom. The molecule has 1 aliphatic carbocycles. The minimum Gasteiger partial charge on any atom is -0.281 e. The number of nitriles is 1. The number of halogens is 1. The van der Waals surface area contributed by atoms with Gasteiger partial charge in [-0.2, -0.15) is 5.26 Å². The summed E-state index contributed by atoms with van der Waals surface area (Å²) in [5, 5.41) is 10.4. The molecule has 0 saturated heterocycles. The molecule has 3 nitrogen and oxygen atoms in total. The van der Waals surface area contributed by atoms with Gasteiger partial charge in [-0.25, -0.2) is 4.98 Å². The highest BCUT2D eigenvalue weighted by Crippen LogP contribution is 2.35. The monoisotopic (exact) mass is 309 g/mol. The first-order valence-electron chi connectivity index (χ1n) is 7.64. The van der Waals surface area contributed by atoms with Gasteiger partial charge >= 0.3 is 0 Å². The van der Waals surface area contributed by atoms with Gasteiger partial charge in [0, 0.05) is 0 Å². The van der Waals surface area contributed by atoms with Gasteiger partial charge in [-0.15, -0.1) is 0 Å². The van der Waals surface area contributed by atoms with E-state index in [2.05, 4.69) is 32.0 Å². The summed E-state index contributed by atoms with van der Waals surface area (Å²) in [5.41, 5.74) is 7.96. The molecule has 2 aromatic heterocycles. The van der Waals surface area contributed by atoms with Crippen LogP contribution in [0.15, 0.2) is 12.1 Å². The van der Waals surface area contributed by atoms with Crippen molar-refractivity contribution >= 4 is 28.3 Å². The minimum atomic E-state index is 0.700. The van der Waals surface area contributed by atoms with Crippen molar-refractivity contribution in [1.82, 2.24) is 9.38 Å². The molecular weight excluding hydrogens is 294 g/mol. The van der Waals surface area contributed by atoms with Crippen LogP contribution in [0.1, 0.15) is 40.7 Å². The molecule has 0 fully saturated rings. The Balaban J connectivity index is 2.24. The van der Waals surface area contributed by atoms with Crippen molar-refractivity contribution in [3.8, 4) is 6.07 Å². The lowest BCUT2D eigenvalue weighted by Gasteiger charge is -2.19. The molecule has 3 aromatic rings. The van der Waals surface area contributed by atoms with Crippen LogP contribution in [0.25, 0.3) is 16.7 Å². The number of imidazole rings is 1. The first kappa shape index (κ1) is 13.6. The van der Waals surface area contributed by atoms with Crippen molar-refractivity contribution in [3.05, 3.63) is 45.1 Å². The molecule has 1 aromatic carbocycles. The lowest BCUT2D eigenvalue weighted by atomic mass is 9.90. The molecule has 22 heavy (non-hydrogen) atoms. The van der Waals surface area contributed by atoms with E-state index in [0.29, 0.717) is 11.2 Å². The molecular formula is C18H16ClN3. The summed E-state index contributed by atoms with van der Waals surface area (Å²) >= 11 is 6.71. The van der Waals surface area contributed by atoms with Crippen molar-refractivity contribution in [1.29, 1.82) is 5.26 Å². The molecule has 0 N–H and O–H groups in total. The Hall–Kier alpha value is -2.05. The highest BCUT2D eigenvalue weighted by molar-refractivity contribution is 6.31. The maximum atomic E-state index is 9.67. The Bertz CT molecular complexity index is 976. The predicted octanol–water partition coefficient (Wildman–Crippen LogP) is 4.51. The molecule has 0 atom stereocenters. The van der Waals surface area contributed by atoms with Crippen LogP contribution < -0.4 is 0 Å². The summed E-state index contributed by atoms with van der Waals surface area (Å²) in [6, 6.07) is 6.57. The SMILES string of the molecule is Cc1cc2nc3c(C#N)c4c(c(Cl)n3c2cc1C)CCCC4. The van der Waals surface area contributed by atoms with E-state index >= 15 is 0 Å². The van der Waals surface area contributed by atoms with Gasteiger partial charge in [-0.05, 0) is 73.9 Å². The van der Waals surface area contributed by atoms with Gasteiger partial charge in [0.2, 0.25) is 0 Å². The fraction of sp³-hybridized carbons (Fsp3) is 0.333. The second-order valence-corrected chi connectivity index (χ2v) is 6.50. The highest BCUT2D eigenvalue weighted by atomic mass is 35.5.